The summed E-state index contributed by atoms with van der Waals surface area (Å²) in [5.41, 5.74) is 0.663. The Kier molecular flexibility index (Phi) is 6.94. The molecule has 0 saturated heterocycles. The van der Waals surface area contributed by atoms with Crippen molar-refractivity contribution in [3.05, 3.63) is 52.7 Å². The van der Waals surface area contributed by atoms with Crippen LogP contribution in [0.1, 0.15) is 5.89 Å². The second-order valence-corrected chi connectivity index (χ2v) is 7.27. The quantitative estimate of drug-likeness (QED) is 0.567. The number of carbonyl (C=O) groups is 1. The predicted molar refractivity (Wildman–Crippen MR) is 104 cm³/mol. The molecule has 1 unspecified atom stereocenters. The van der Waals surface area contributed by atoms with Crippen LogP contribution in [0.3, 0.4) is 0 Å². The van der Waals surface area contributed by atoms with E-state index in [0.717, 1.165) is 9.78 Å². The number of rotatable bonds is 9. The summed E-state index contributed by atoms with van der Waals surface area (Å²) < 4.78 is 10.9. The summed E-state index contributed by atoms with van der Waals surface area (Å²) in [6.45, 7) is 1.83. The zero-order chi connectivity index (χ0) is 19.1. The minimum Gasteiger partial charge on any atom is -0.414 e. The molecule has 1 aromatic carbocycles. The van der Waals surface area contributed by atoms with Gasteiger partial charge in [-0.3, -0.25) is 4.79 Å². The molecule has 27 heavy (non-hydrogen) atoms. The summed E-state index contributed by atoms with van der Waals surface area (Å²) >= 11 is 7.49. The third-order valence-electron chi connectivity index (χ3n) is 3.78. The average Bonchev–Trinajstić information content (AvgIpc) is 3.31. The van der Waals surface area contributed by atoms with E-state index in [4.69, 9.17) is 20.8 Å². The van der Waals surface area contributed by atoms with Crippen LogP contribution >= 0.6 is 22.9 Å². The number of hydrogen-bond acceptors (Lipinski definition) is 6. The summed E-state index contributed by atoms with van der Waals surface area (Å²) in [5.74, 6) is 0.857. The van der Waals surface area contributed by atoms with Crippen molar-refractivity contribution in [3.63, 3.8) is 0 Å². The van der Waals surface area contributed by atoms with E-state index in [0.29, 0.717) is 42.2 Å². The molecule has 7 nitrogen and oxygen atoms in total. The van der Waals surface area contributed by atoms with Gasteiger partial charge < -0.3 is 19.4 Å². The molecule has 0 bridgehead atoms. The fourth-order valence-electron chi connectivity index (χ4n) is 2.52. The maximum Gasteiger partial charge on any atom is 0.279 e. The highest BCUT2D eigenvalue weighted by Gasteiger charge is 2.19. The molecule has 0 saturated carbocycles. The second kappa shape index (κ2) is 9.61. The zero-order valence-corrected chi connectivity index (χ0v) is 16.3. The maximum absolute atomic E-state index is 12.4. The average molecular weight is 408 g/mol. The number of anilines is 1. The van der Waals surface area contributed by atoms with Crippen LogP contribution in [0.15, 0.2) is 46.2 Å². The van der Waals surface area contributed by atoms with E-state index in [1.54, 1.807) is 31.4 Å². The lowest BCUT2D eigenvalue weighted by Crippen LogP contribution is -3.12. The van der Waals surface area contributed by atoms with Crippen molar-refractivity contribution in [1.82, 2.24) is 10.2 Å². The molecule has 1 amide bonds. The monoisotopic (exact) mass is 407 g/mol. The maximum atomic E-state index is 12.4. The zero-order valence-electron chi connectivity index (χ0n) is 14.8. The lowest BCUT2D eigenvalue weighted by atomic mass is 10.3. The van der Waals surface area contributed by atoms with E-state index in [1.165, 1.54) is 11.3 Å². The number of carbonyl (C=O) groups excluding carboxylic acids is 1. The van der Waals surface area contributed by atoms with Gasteiger partial charge in [-0.1, -0.05) is 23.7 Å². The molecular formula is C18H20ClN4O3S+. The van der Waals surface area contributed by atoms with Crippen LogP contribution in [0.25, 0.3) is 10.8 Å². The number of methoxy groups -OCH3 is 1. The number of quaternary nitrogens is 1. The molecule has 2 aromatic heterocycles. The molecule has 0 radical (unpaired) electrons. The molecule has 1 atom stereocenters. The number of nitrogens with one attached hydrogen (secondary N) is 2. The van der Waals surface area contributed by atoms with E-state index < -0.39 is 0 Å². The highest BCUT2D eigenvalue weighted by Crippen LogP contribution is 2.22. The Bertz CT molecular complexity index is 869. The van der Waals surface area contributed by atoms with E-state index in [9.17, 15) is 4.79 Å². The van der Waals surface area contributed by atoms with E-state index in [-0.39, 0.29) is 12.5 Å². The van der Waals surface area contributed by atoms with E-state index in [1.807, 2.05) is 17.5 Å². The van der Waals surface area contributed by atoms with Crippen LogP contribution in [0, 0.1) is 0 Å². The van der Waals surface area contributed by atoms with Crippen molar-refractivity contribution < 1.29 is 18.8 Å². The summed E-state index contributed by atoms with van der Waals surface area (Å²) in [5, 5.41) is 13.6. The van der Waals surface area contributed by atoms with Crippen molar-refractivity contribution in [1.29, 1.82) is 0 Å². The normalized spacial score (nSPS) is 12.1. The van der Waals surface area contributed by atoms with Gasteiger partial charge in [-0.25, -0.2) is 0 Å². The van der Waals surface area contributed by atoms with Crippen molar-refractivity contribution in [2.75, 3.05) is 32.1 Å². The Labute approximate surface area is 165 Å². The molecule has 0 fully saturated rings. The first-order valence-corrected chi connectivity index (χ1v) is 9.64. The van der Waals surface area contributed by atoms with Gasteiger partial charge in [0.15, 0.2) is 13.1 Å². The highest BCUT2D eigenvalue weighted by molar-refractivity contribution is 7.13. The number of hydrogen-bond donors (Lipinski definition) is 2. The fourth-order valence-corrected chi connectivity index (χ4v) is 3.36. The van der Waals surface area contributed by atoms with Gasteiger partial charge in [0.25, 0.3) is 17.7 Å². The largest absolute Gasteiger partial charge is 0.414 e. The van der Waals surface area contributed by atoms with Crippen molar-refractivity contribution >= 4 is 34.5 Å². The molecule has 3 aromatic rings. The molecule has 2 N–H and O–H groups in total. The van der Waals surface area contributed by atoms with E-state index >= 15 is 0 Å². The van der Waals surface area contributed by atoms with Gasteiger partial charge >= 0.3 is 0 Å². The van der Waals surface area contributed by atoms with Crippen molar-refractivity contribution in [3.8, 4) is 10.8 Å². The van der Waals surface area contributed by atoms with Crippen LogP contribution in [0.2, 0.25) is 5.02 Å². The Morgan fingerprint density at radius 1 is 1.33 bits per heavy atom. The fraction of sp³-hybridized carbons (Fsp3) is 0.278. The van der Waals surface area contributed by atoms with Gasteiger partial charge in [-0.05, 0) is 29.6 Å². The van der Waals surface area contributed by atoms with Crippen LogP contribution in [0.4, 0.5) is 5.69 Å². The molecule has 142 valence electrons. The molecule has 0 spiro atoms. The number of aromatic nitrogens is 2. The van der Waals surface area contributed by atoms with Gasteiger partial charge in [0.05, 0.1) is 11.5 Å². The Hall–Kier alpha value is -2.26. The molecular weight excluding hydrogens is 388 g/mol. The molecule has 2 heterocycles. The summed E-state index contributed by atoms with van der Waals surface area (Å²) in [7, 11) is 1.63. The van der Waals surface area contributed by atoms with Crippen LogP contribution in [-0.4, -0.2) is 42.9 Å². The minimum absolute atomic E-state index is 0.124. The SMILES string of the molecule is COCC[NH+](CC(=O)Nc1cccc(Cl)c1)Cc1nnc(-c2cccs2)o1. The minimum atomic E-state index is -0.124. The van der Waals surface area contributed by atoms with Crippen LogP contribution in [0.5, 0.6) is 0 Å². The topological polar surface area (TPSA) is 81.7 Å². The Morgan fingerprint density at radius 2 is 2.22 bits per heavy atom. The van der Waals surface area contributed by atoms with Crippen molar-refractivity contribution in [2.24, 2.45) is 0 Å². The third kappa shape index (κ3) is 5.86. The lowest BCUT2D eigenvalue weighted by Gasteiger charge is -2.17. The third-order valence-corrected chi connectivity index (χ3v) is 4.87. The Morgan fingerprint density at radius 3 is 2.96 bits per heavy atom. The standard InChI is InChI=1S/C18H19ClN4O3S/c1-25-8-7-23(11-16(24)20-14-5-2-4-13(19)10-14)12-17-21-22-18(26-17)15-6-3-9-27-15/h2-6,9-10H,7-8,11-12H2,1H3,(H,20,24)/p+1. The first-order chi connectivity index (χ1) is 13.1. The summed E-state index contributed by atoms with van der Waals surface area (Å²) in [4.78, 5) is 14.3. The van der Waals surface area contributed by atoms with Crippen LogP contribution in [-0.2, 0) is 16.1 Å². The predicted octanol–water partition coefficient (Wildman–Crippen LogP) is 2.12. The van der Waals surface area contributed by atoms with E-state index in [2.05, 4.69) is 15.5 Å². The molecule has 3 rings (SSSR count). The highest BCUT2D eigenvalue weighted by atomic mass is 35.5. The van der Waals surface area contributed by atoms with Gasteiger partial charge in [-0.2, -0.15) is 0 Å². The molecule has 9 heteroatoms. The Balaban J connectivity index is 1.62. The van der Waals surface area contributed by atoms with Gasteiger partial charge in [0, 0.05) is 17.8 Å². The van der Waals surface area contributed by atoms with Crippen LogP contribution < -0.4 is 10.2 Å². The lowest BCUT2D eigenvalue weighted by molar-refractivity contribution is -0.907. The molecule has 0 aliphatic rings. The molecule has 0 aliphatic heterocycles. The smallest absolute Gasteiger partial charge is 0.279 e. The number of thiophene rings is 1. The van der Waals surface area contributed by atoms with Crippen molar-refractivity contribution in [2.45, 2.75) is 6.54 Å². The number of nitrogens with zero attached hydrogens (tertiary/aromatic N) is 2. The number of benzene rings is 1. The summed E-state index contributed by atoms with van der Waals surface area (Å²) in [6.07, 6.45) is 0. The second-order valence-electron chi connectivity index (χ2n) is 5.88. The van der Waals surface area contributed by atoms with Gasteiger partial charge in [0.1, 0.15) is 6.54 Å². The number of halogens is 1. The van der Waals surface area contributed by atoms with Gasteiger partial charge in [-0.15, -0.1) is 21.5 Å². The first kappa shape index (κ1) is 19.5. The first-order valence-electron chi connectivity index (χ1n) is 8.38. The van der Waals surface area contributed by atoms with Gasteiger partial charge in [0.2, 0.25) is 0 Å². The number of amides is 1. The molecule has 0 aliphatic carbocycles. The number of ether oxygens (including phenoxy) is 1. The summed E-state index contributed by atoms with van der Waals surface area (Å²) in [6, 6.07) is 10.9.